The summed E-state index contributed by atoms with van der Waals surface area (Å²) in [6, 6.07) is 2.49. The lowest BCUT2D eigenvalue weighted by molar-refractivity contribution is 0.0622. The molecule has 1 aliphatic rings. The van der Waals surface area contributed by atoms with Gasteiger partial charge in [-0.2, -0.15) is 0 Å². The van der Waals surface area contributed by atoms with Crippen molar-refractivity contribution in [3.8, 4) is 0 Å². The molecule has 1 unspecified atom stereocenters. The van der Waals surface area contributed by atoms with Crippen molar-refractivity contribution in [1.82, 2.24) is 9.97 Å². The molecule has 4 heteroatoms. The van der Waals surface area contributed by atoms with Gasteiger partial charge in [-0.05, 0) is 31.6 Å². The van der Waals surface area contributed by atoms with E-state index in [9.17, 15) is 0 Å². The molecule has 2 heterocycles. The molecule has 1 atom stereocenters. The maximum Gasteiger partial charge on any atom is 0.129 e. The topological polar surface area (TPSA) is 47.0 Å². The van der Waals surface area contributed by atoms with Crippen molar-refractivity contribution >= 4 is 5.82 Å². The van der Waals surface area contributed by atoms with E-state index in [4.69, 9.17) is 4.74 Å². The van der Waals surface area contributed by atoms with Crippen molar-refractivity contribution in [2.75, 3.05) is 18.5 Å². The summed E-state index contributed by atoms with van der Waals surface area (Å²) in [5.74, 6) is 2.05. The van der Waals surface area contributed by atoms with Gasteiger partial charge in [-0.3, -0.25) is 0 Å². The standard InChI is InChI=1S/C14H23N3O/c1-10(2)13-8-14(16-9-15-13)17-11(3)12-4-6-18-7-5-12/h8-12H,4-7H2,1-3H3,(H,15,16,17). The molecule has 1 aromatic rings. The molecular weight excluding hydrogens is 226 g/mol. The highest BCUT2D eigenvalue weighted by Crippen LogP contribution is 2.22. The average molecular weight is 249 g/mol. The molecular formula is C14H23N3O. The molecule has 2 rings (SSSR count). The highest BCUT2D eigenvalue weighted by atomic mass is 16.5. The molecule has 0 aliphatic carbocycles. The van der Waals surface area contributed by atoms with Gasteiger partial charge in [-0.1, -0.05) is 13.8 Å². The number of nitrogens with zero attached hydrogens (tertiary/aromatic N) is 2. The smallest absolute Gasteiger partial charge is 0.129 e. The lowest BCUT2D eigenvalue weighted by atomic mass is 9.93. The van der Waals surface area contributed by atoms with Crippen LogP contribution in [0.25, 0.3) is 0 Å². The van der Waals surface area contributed by atoms with E-state index in [0.717, 1.165) is 37.6 Å². The van der Waals surface area contributed by atoms with Gasteiger partial charge in [0.1, 0.15) is 12.1 Å². The fraction of sp³-hybridized carbons (Fsp3) is 0.714. The minimum absolute atomic E-state index is 0.434. The molecule has 1 saturated heterocycles. The minimum Gasteiger partial charge on any atom is -0.381 e. The lowest BCUT2D eigenvalue weighted by Gasteiger charge is -2.28. The van der Waals surface area contributed by atoms with Crippen LogP contribution in [-0.4, -0.2) is 29.2 Å². The lowest BCUT2D eigenvalue weighted by Crippen LogP contribution is -2.31. The van der Waals surface area contributed by atoms with Crippen LogP contribution in [0.2, 0.25) is 0 Å². The third-order valence-corrected chi connectivity index (χ3v) is 3.63. The van der Waals surface area contributed by atoms with Gasteiger partial charge in [0, 0.05) is 31.0 Å². The summed E-state index contributed by atoms with van der Waals surface area (Å²) < 4.78 is 5.40. The Morgan fingerprint density at radius 3 is 2.61 bits per heavy atom. The molecule has 1 aromatic heterocycles. The maximum absolute atomic E-state index is 5.40. The summed E-state index contributed by atoms with van der Waals surface area (Å²) in [5.41, 5.74) is 1.09. The number of aromatic nitrogens is 2. The van der Waals surface area contributed by atoms with Gasteiger partial charge in [-0.15, -0.1) is 0 Å². The monoisotopic (exact) mass is 249 g/mol. The number of nitrogens with one attached hydrogen (secondary N) is 1. The van der Waals surface area contributed by atoms with E-state index in [2.05, 4.69) is 42.1 Å². The molecule has 0 spiro atoms. The number of anilines is 1. The highest BCUT2D eigenvalue weighted by molar-refractivity contribution is 5.36. The number of rotatable bonds is 4. The van der Waals surface area contributed by atoms with Crippen molar-refractivity contribution in [2.24, 2.45) is 5.92 Å². The van der Waals surface area contributed by atoms with Crippen LogP contribution in [0.4, 0.5) is 5.82 Å². The van der Waals surface area contributed by atoms with Gasteiger partial charge in [0.15, 0.2) is 0 Å². The third-order valence-electron chi connectivity index (χ3n) is 3.63. The summed E-state index contributed by atoms with van der Waals surface area (Å²) in [6.07, 6.45) is 3.92. The van der Waals surface area contributed by atoms with Crippen LogP contribution >= 0.6 is 0 Å². The average Bonchev–Trinajstić information content (AvgIpc) is 2.40. The van der Waals surface area contributed by atoms with Crippen molar-refractivity contribution < 1.29 is 4.74 Å². The second kappa shape index (κ2) is 6.14. The first-order chi connectivity index (χ1) is 8.66. The Balaban J connectivity index is 1.97. The Bertz CT molecular complexity index is 375. The van der Waals surface area contributed by atoms with Crippen molar-refractivity contribution in [1.29, 1.82) is 0 Å². The van der Waals surface area contributed by atoms with E-state index >= 15 is 0 Å². The Labute approximate surface area is 109 Å². The summed E-state index contributed by atoms with van der Waals surface area (Å²) in [4.78, 5) is 8.59. The van der Waals surface area contributed by atoms with Gasteiger partial charge in [0.2, 0.25) is 0 Å². The van der Waals surface area contributed by atoms with Crippen LogP contribution in [0.3, 0.4) is 0 Å². The van der Waals surface area contributed by atoms with Gasteiger partial charge < -0.3 is 10.1 Å². The zero-order chi connectivity index (χ0) is 13.0. The molecule has 0 radical (unpaired) electrons. The summed E-state index contributed by atoms with van der Waals surface area (Å²) in [7, 11) is 0. The van der Waals surface area contributed by atoms with Crippen LogP contribution in [0.1, 0.15) is 45.2 Å². The Kier molecular flexibility index (Phi) is 4.53. The number of hydrogen-bond acceptors (Lipinski definition) is 4. The molecule has 0 saturated carbocycles. The molecule has 18 heavy (non-hydrogen) atoms. The quantitative estimate of drug-likeness (QED) is 0.891. The minimum atomic E-state index is 0.434. The zero-order valence-corrected chi connectivity index (χ0v) is 11.5. The predicted octanol–water partition coefficient (Wildman–Crippen LogP) is 2.83. The number of ether oxygens (including phenoxy) is 1. The Morgan fingerprint density at radius 2 is 1.94 bits per heavy atom. The molecule has 0 amide bonds. The van der Waals surface area contributed by atoms with E-state index in [1.54, 1.807) is 6.33 Å². The molecule has 0 bridgehead atoms. The molecule has 100 valence electrons. The first kappa shape index (κ1) is 13.3. The second-order valence-corrected chi connectivity index (χ2v) is 5.37. The van der Waals surface area contributed by atoms with Gasteiger partial charge in [-0.25, -0.2) is 9.97 Å². The van der Waals surface area contributed by atoms with E-state index < -0.39 is 0 Å². The SMILES string of the molecule is CC(C)c1cc(NC(C)C2CCOCC2)ncn1. The molecule has 0 aromatic carbocycles. The summed E-state index contributed by atoms with van der Waals surface area (Å²) in [5, 5.41) is 3.50. The molecule has 1 fully saturated rings. The number of hydrogen-bond donors (Lipinski definition) is 1. The van der Waals surface area contributed by atoms with Crippen LogP contribution in [0, 0.1) is 5.92 Å². The third kappa shape index (κ3) is 3.42. The summed E-state index contributed by atoms with van der Waals surface area (Å²) in [6.45, 7) is 8.30. The Hall–Kier alpha value is -1.16. The van der Waals surface area contributed by atoms with E-state index in [1.807, 2.05) is 0 Å². The van der Waals surface area contributed by atoms with Gasteiger partial charge in [0.05, 0.1) is 0 Å². The summed E-state index contributed by atoms with van der Waals surface area (Å²) >= 11 is 0. The second-order valence-electron chi connectivity index (χ2n) is 5.37. The van der Waals surface area contributed by atoms with Gasteiger partial charge >= 0.3 is 0 Å². The Morgan fingerprint density at radius 1 is 1.22 bits per heavy atom. The van der Waals surface area contributed by atoms with Crippen LogP contribution in [0.5, 0.6) is 0 Å². The first-order valence-electron chi connectivity index (χ1n) is 6.83. The van der Waals surface area contributed by atoms with Crippen LogP contribution in [0.15, 0.2) is 12.4 Å². The normalized spacial score (nSPS) is 18.9. The van der Waals surface area contributed by atoms with E-state index in [1.165, 1.54) is 0 Å². The highest BCUT2D eigenvalue weighted by Gasteiger charge is 2.20. The van der Waals surface area contributed by atoms with Gasteiger partial charge in [0.25, 0.3) is 0 Å². The van der Waals surface area contributed by atoms with E-state index in [0.29, 0.717) is 17.9 Å². The van der Waals surface area contributed by atoms with Crippen LogP contribution in [-0.2, 0) is 4.74 Å². The fourth-order valence-electron chi connectivity index (χ4n) is 2.33. The zero-order valence-electron chi connectivity index (χ0n) is 11.5. The van der Waals surface area contributed by atoms with E-state index in [-0.39, 0.29) is 0 Å². The molecule has 1 aliphatic heterocycles. The largest absolute Gasteiger partial charge is 0.381 e. The van der Waals surface area contributed by atoms with Crippen molar-refractivity contribution in [3.05, 3.63) is 18.1 Å². The van der Waals surface area contributed by atoms with Crippen molar-refractivity contribution in [2.45, 2.75) is 45.6 Å². The predicted molar refractivity (Wildman–Crippen MR) is 72.7 cm³/mol. The first-order valence-corrected chi connectivity index (χ1v) is 6.83. The molecule has 1 N–H and O–H groups in total. The molecule has 4 nitrogen and oxygen atoms in total. The van der Waals surface area contributed by atoms with Crippen molar-refractivity contribution in [3.63, 3.8) is 0 Å². The maximum atomic E-state index is 5.40. The fourth-order valence-corrected chi connectivity index (χ4v) is 2.33. The van der Waals surface area contributed by atoms with Crippen LogP contribution < -0.4 is 5.32 Å².